The fraction of sp³-hybridized carbons (Fsp3) is 0.769. The van der Waals surface area contributed by atoms with Gasteiger partial charge in [-0.15, -0.1) is 0 Å². The molecule has 3 nitrogen and oxygen atoms in total. The van der Waals surface area contributed by atoms with Crippen LogP contribution in [0.2, 0.25) is 0 Å². The van der Waals surface area contributed by atoms with Gasteiger partial charge in [-0.3, -0.25) is 4.68 Å². The Kier molecular flexibility index (Phi) is 3.99. The number of aryl methyl sites for hydroxylation is 1. The zero-order chi connectivity index (χ0) is 11.4. The summed E-state index contributed by atoms with van der Waals surface area (Å²) in [5.74, 6) is 0.901. The summed E-state index contributed by atoms with van der Waals surface area (Å²) in [5, 5.41) is 8.03. The Bertz CT molecular complexity index is 319. The Morgan fingerprint density at radius 3 is 3.06 bits per heavy atom. The fourth-order valence-electron chi connectivity index (χ4n) is 2.59. The number of hydrogen-bond donors (Lipinski definition) is 1. The standard InChI is InChI=1S/C13H23N3/c1-11-4-3-5-13(10-11)14-7-9-16-8-6-12(2)15-16/h6,8,11,13-14H,3-5,7,9-10H2,1-2H3. The van der Waals surface area contributed by atoms with Gasteiger partial charge in [-0.25, -0.2) is 0 Å². The van der Waals surface area contributed by atoms with Gasteiger partial charge >= 0.3 is 0 Å². The van der Waals surface area contributed by atoms with E-state index >= 15 is 0 Å². The van der Waals surface area contributed by atoms with Crippen molar-refractivity contribution in [1.82, 2.24) is 15.1 Å². The van der Waals surface area contributed by atoms with Gasteiger partial charge in [0.2, 0.25) is 0 Å². The van der Waals surface area contributed by atoms with Crippen molar-refractivity contribution in [3.63, 3.8) is 0 Å². The van der Waals surface area contributed by atoms with Crippen molar-refractivity contribution >= 4 is 0 Å². The van der Waals surface area contributed by atoms with Crippen molar-refractivity contribution in [2.75, 3.05) is 6.54 Å². The molecule has 0 spiro atoms. The van der Waals surface area contributed by atoms with Gasteiger partial charge in [0.25, 0.3) is 0 Å². The van der Waals surface area contributed by atoms with E-state index in [0.717, 1.165) is 30.7 Å². The molecule has 1 aromatic heterocycles. The number of aromatic nitrogens is 2. The van der Waals surface area contributed by atoms with Crippen LogP contribution in [0.3, 0.4) is 0 Å². The molecule has 0 amide bonds. The highest BCUT2D eigenvalue weighted by Crippen LogP contribution is 2.23. The van der Waals surface area contributed by atoms with Crippen molar-refractivity contribution in [3.8, 4) is 0 Å². The number of nitrogens with zero attached hydrogens (tertiary/aromatic N) is 2. The lowest BCUT2D eigenvalue weighted by Crippen LogP contribution is -2.35. The SMILES string of the molecule is Cc1ccn(CCNC2CCCC(C)C2)n1. The summed E-state index contributed by atoms with van der Waals surface area (Å²) >= 11 is 0. The van der Waals surface area contributed by atoms with Crippen molar-refractivity contribution in [2.45, 2.75) is 52.1 Å². The number of nitrogens with one attached hydrogen (secondary N) is 1. The monoisotopic (exact) mass is 221 g/mol. The predicted molar refractivity (Wildman–Crippen MR) is 66.4 cm³/mol. The molecule has 0 saturated heterocycles. The third kappa shape index (κ3) is 3.34. The molecule has 1 aliphatic carbocycles. The van der Waals surface area contributed by atoms with E-state index in [-0.39, 0.29) is 0 Å². The number of rotatable bonds is 4. The lowest BCUT2D eigenvalue weighted by molar-refractivity contribution is 0.298. The van der Waals surface area contributed by atoms with Crippen molar-refractivity contribution in [1.29, 1.82) is 0 Å². The molecule has 16 heavy (non-hydrogen) atoms. The topological polar surface area (TPSA) is 29.9 Å². The van der Waals surface area contributed by atoms with Crippen LogP contribution in [0.25, 0.3) is 0 Å². The molecular weight excluding hydrogens is 198 g/mol. The fourth-order valence-corrected chi connectivity index (χ4v) is 2.59. The Morgan fingerprint density at radius 2 is 2.38 bits per heavy atom. The highest BCUT2D eigenvalue weighted by molar-refractivity contribution is 4.94. The zero-order valence-electron chi connectivity index (χ0n) is 10.4. The minimum absolute atomic E-state index is 0.736. The second-order valence-electron chi connectivity index (χ2n) is 5.14. The van der Waals surface area contributed by atoms with Crippen LogP contribution in [0.4, 0.5) is 0 Å². The summed E-state index contributed by atoms with van der Waals surface area (Å²) in [4.78, 5) is 0. The Labute approximate surface area is 98.2 Å². The van der Waals surface area contributed by atoms with E-state index in [1.165, 1.54) is 25.7 Å². The summed E-state index contributed by atoms with van der Waals surface area (Å²) in [6.07, 6.45) is 7.55. The first-order valence-corrected chi connectivity index (χ1v) is 6.47. The van der Waals surface area contributed by atoms with Crippen LogP contribution >= 0.6 is 0 Å². The van der Waals surface area contributed by atoms with Gasteiger partial charge in [0.15, 0.2) is 0 Å². The summed E-state index contributed by atoms with van der Waals surface area (Å²) in [5.41, 5.74) is 1.10. The molecule has 1 aromatic rings. The highest BCUT2D eigenvalue weighted by atomic mass is 15.3. The van der Waals surface area contributed by atoms with E-state index in [0.29, 0.717) is 0 Å². The molecule has 1 saturated carbocycles. The minimum atomic E-state index is 0.736. The van der Waals surface area contributed by atoms with E-state index in [1.54, 1.807) is 0 Å². The van der Waals surface area contributed by atoms with E-state index in [1.807, 2.05) is 11.6 Å². The zero-order valence-corrected chi connectivity index (χ0v) is 10.4. The summed E-state index contributed by atoms with van der Waals surface area (Å²) < 4.78 is 2.02. The summed E-state index contributed by atoms with van der Waals surface area (Å²) in [6.45, 7) is 6.43. The van der Waals surface area contributed by atoms with E-state index in [9.17, 15) is 0 Å². The van der Waals surface area contributed by atoms with Crippen LogP contribution in [-0.4, -0.2) is 22.4 Å². The van der Waals surface area contributed by atoms with Crippen LogP contribution in [0.15, 0.2) is 12.3 Å². The van der Waals surface area contributed by atoms with E-state index in [2.05, 4.69) is 29.6 Å². The highest BCUT2D eigenvalue weighted by Gasteiger charge is 2.17. The maximum absolute atomic E-state index is 4.38. The lowest BCUT2D eigenvalue weighted by atomic mass is 9.87. The summed E-state index contributed by atoms with van der Waals surface area (Å²) in [7, 11) is 0. The molecule has 1 fully saturated rings. The van der Waals surface area contributed by atoms with Gasteiger partial charge in [-0.1, -0.05) is 19.8 Å². The first kappa shape index (κ1) is 11.6. The average molecular weight is 221 g/mol. The smallest absolute Gasteiger partial charge is 0.0593 e. The molecule has 0 bridgehead atoms. The Morgan fingerprint density at radius 1 is 1.50 bits per heavy atom. The molecule has 2 rings (SSSR count). The molecule has 1 N–H and O–H groups in total. The second kappa shape index (κ2) is 5.48. The van der Waals surface area contributed by atoms with Crippen LogP contribution in [-0.2, 0) is 6.54 Å². The minimum Gasteiger partial charge on any atom is -0.312 e. The number of hydrogen-bond acceptors (Lipinski definition) is 2. The van der Waals surface area contributed by atoms with Crippen LogP contribution < -0.4 is 5.32 Å². The van der Waals surface area contributed by atoms with Gasteiger partial charge < -0.3 is 5.32 Å². The van der Waals surface area contributed by atoms with Gasteiger partial charge in [-0.2, -0.15) is 5.10 Å². The molecule has 90 valence electrons. The largest absolute Gasteiger partial charge is 0.312 e. The van der Waals surface area contributed by atoms with E-state index < -0.39 is 0 Å². The maximum atomic E-state index is 4.38. The molecule has 1 heterocycles. The molecule has 3 heteroatoms. The van der Waals surface area contributed by atoms with Crippen molar-refractivity contribution < 1.29 is 0 Å². The van der Waals surface area contributed by atoms with Crippen LogP contribution in [0.5, 0.6) is 0 Å². The third-order valence-electron chi connectivity index (χ3n) is 3.48. The van der Waals surface area contributed by atoms with Crippen molar-refractivity contribution in [3.05, 3.63) is 18.0 Å². The van der Waals surface area contributed by atoms with E-state index in [4.69, 9.17) is 0 Å². The molecule has 2 atom stereocenters. The van der Waals surface area contributed by atoms with Gasteiger partial charge in [-0.05, 0) is 31.7 Å². The molecule has 0 aromatic carbocycles. The first-order chi connectivity index (χ1) is 7.74. The van der Waals surface area contributed by atoms with Crippen molar-refractivity contribution in [2.24, 2.45) is 5.92 Å². The Balaban J connectivity index is 1.67. The van der Waals surface area contributed by atoms with Crippen LogP contribution in [0.1, 0.15) is 38.3 Å². The van der Waals surface area contributed by atoms with Gasteiger partial charge in [0.1, 0.15) is 0 Å². The van der Waals surface area contributed by atoms with Crippen LogP contribution in [0, 0.1) is 12.8 Å². The molecule has 1 aliphatic rings. The molecule has 2 unspecified atom stereocenters. The van der Waals surface area contributed by atoms with Gasteiger partial charge in [0, 0.05) is 18.8 Å². The third-order valence-corrected chi connectivity index (χ3v) is 3.48. The Hall–Kier alpha value is -0.830. The maximum Gasteiger partial charge on any atom is 0.0593 e. The second-order valence-corrected chi connectivity index (χ2v) is 5.14. The molecule has 0 aliphatic heterocycles. The quantitative estimate of drug-likeness (QED) is 0.846. The normalized spacial score (nSPS) is 25.9. The predicted octanol–water partition coefficient (Wildman–Crippen LogP) is 2.36. The summed E-state index contributed by atoms with van der Waals surface area (Å²) in [6, 6.07) is 2.79. The molecular formula is C13H23N3. The van der Waals surface area contributed by atoms with Gasteiger partial charge in [0.05, 0.1) is 12.2 Å². The molecule has 0 radical (unpaired) electrons. The first-order valence-electron chi connectivity index (χ1n) is 6.47. The average Bonchev–Trinajstić information content (AvgIpc) is 2.64. The lowest BCUT2D eigenvalue weighted by Gasteiger charge is -2.27.